The quantitative estimate of drug-likeness (QED) is 0.551. The van der Waals surface area contributed by atoms with E-state index in [1.54, 1.807) is 0 Å². The molecule has 4 fully saturated rings. The molecule has 5 unspecified atom stereocenters. The van der Waals surface area contributed by atoms with Gasteiger partial charge in [0, 0.05) is 12.8 Å². The highest BCUT2D eigenvalue weighted by atomic mass is 16.4. The minimum atomic E-state index is -0.700. The Kier molecular flexibility index (Phi) is 6.25. The maximum Gasteiger partial charge on any atom is 0.303 e. The smallest absolute Gasteiger partial charge is 0.303 e. The average Bonchev–Trinajstić information content (AvgIpc) is 3.07. The van der Waals surface area contributed by atoms with Crippen molar-refractivity contribution in [2.45, 2.75) is 97.2 Å². The van der Waals surface area contributed by atoms with Crippen LogP contribution in [0.3, 0.4) is 0 Å². The lowest BCUT2D eigenvalue weighted by atomic mass is 9.41. The van der Waals surface area contributed by atoms with Gasteiger partial charge in [-0.15, -0.1) is 12.3 Å². The number of carbonyl (C=O) groups is 1. The molecular formula is C27H42O4. The van der Waals surface area contributed by atoms with Crippen LogP contribution in [0.2, 0.25) is 0 Å². The first-order chi connectivity index (χ1) is 14.6. The van der Waals surface area contributed by atoms with Crippen LogP contribution in [0.15, 0.2) is 0 Å². The largest absolute Gasteiger partial charge is 0.481 e. The number of hydrogen-bond donors (Lipinski definition) is 3. The van der Waals surface area contributed by atoms with Gasteiger partial charge in [0.05, 0.1) is 12.2 Å². The molecular weight excluding hydrogens is 388 g/mol. The summed E-state index contributed by atoms with van der Waals surface area (Å²) in [6.07, 6.45) is 14.0. The summed E-state index contributed by atoms with van der Waals surface area (Å²) >= 11 is 0. The molecule has 31 heavy (non-hydrogen) atoms. The van der Waals surface area contributed by atoms with Gasteiger partial charge in [0.15, 0.2) is 0 Å². The van der Waals surface area contributed by atoms with Crippen molar-refractivity contribution in [3.63, 3.8) is 0 Å². The minimum Gasteiger partial charge on any atom is -0.481 e. The van der Waals surface area contributed by atoms with Crippen LogP contribution in [0.5, 0.6) is 0 Å². The number of rotatable bonds is 5. The fraction of sp³-hybridized carbons (Fsp3) is 0.889. The first-order valence-corrected chi connectivity index (χ1v) is 12.6. The summed E-state index contributed by atoms with van der Waals surface area (Å²) < 4.78 is 0. The number of carboxylic acid groups (broad SMARTS) is 1. The summed E-state index contributed by atoms with van der Waals surface area (Å²) in [4.78, 5) is 11.1. The monoisotopic (exact) mass is 430 g/mol. The van der Waals surface area contributed by atoms with E-state index in [4.69, 9.17) is 11.5 Å². The second kappa shape index (κ2) is 8.38. The molecule has 0 heterocycles. The Hall–Kier alpha value is -1.05. The lowest BCUT2D eigenvalue weighted by molar-refractivity contribution is -0.201. The van der Waals surface area contributed by atoms with E-state index in [-0.39, 0.29) is 41.3 Å². The maximum absolute atomic E-state index is 11.7. The third-order valence-corrected chi connectivity index (χ3v) is 10.8. The molecule has 4 aliphatic rings. The zero-order chi connectivity index (χ0) is 22.6. The first-order valence-electron chi connectivity index (χ1n) is 12.6. The Morgan fingerprint density at radius 2 is 1.74 bits per heavy atom. The molecule has 174 valence electrons. The second-order valence-corrected chi connectivity index (χ2v) is 12.0. The van der Waals surface area contributed by atoms with Crippen molar-refractivity contribution in [3.8, 4) is 12.3 Å². The SMILES string of the molecule is C#CC[C@@H]1C2C[C@H](O)CC[C@]2(C)C2CC[C@@]3(C)C(CCC3[C@H](C)CCC(=O)O)C2[C@@H]1O. The average molecular weight is 431 g/mol. The Bertz CT molecular complexity index is 727. The van der Waals surface area contributed by atoms with Crippen molar-refractivity contribution in [2.24, 2.45) is 52.3 Å². The third kappa shape index (κ3) is 3.65. The molecule has 3 N–H and O–H groups in total. The van der Waals surface area contributed by atoms with Crippen molar-refractivity contribution in [3.05, 3.63) is 0 Å². The molecule has 0 aliphatic heterocycles. The molecule has 0 aromatic heterocycles. The number of aliphatic hydroxyl groups excluding tert-OH is 2. The molecule has 0 spiro atoms. The van der Waals surface area contributed by atoms with Gasteiger partial charge in [-0.05, 0) is 104 Å². The molecule has 0 bridgehead atoms. The number of aliphatic carboxylic acids is 1. The van der Waals surface area contributed by atoms with Gasteiger partial charge < -0.3 is 15.3 Å². The standard InChI is InChI=1S/C27H42O4/c1-5-6-18-22-15-17(28)11-13-27(22,4)21-12-14-26(3)19(16(2)7-10-23(29)30)8-9-20(26)24(21)25(18)31/h1,16-22,24-25,28,31H,6-15H2,2-4H3,(H,29,30)/t16-,17-,18-,19?,20?,21?,22?,24?,25-,26-,27-/m1/s1. The van der Waals surface area contributed by atoms with Gasteiger partial charge in [0.1, 0.15) is 0 Å². The number of carboxylic acids is 1. The minimum absolute atomic E-state index is 0.0806. The van der Waals surface area contributed by atoms with E-state index in [2.05, 4.69) is 26.7 Å². The number of fused-ring (bicyclic) bond motifs is 5. The van der Waals surface area contributed by atoms with Gasteiger partial charge >= 0.3 is 5.97 Å². The van der Waals surface area contributed by atoms with E-state index in [9.17, 15) is 15.0 Å². The number of hydrogen-bond acceptors (Lipinski definition) is 3. The molecule has 0 radical (unpaired) electrons. The molecule has 0 saturated heterocycles. The van der Waals surface area contributed by atoms with Crippen molar-refractivity contribution in [2.75, 3.05) is 0 Å². The second-order valence-electron chi connectivity index (χ2n) is 12.0. The van der Waals surface area contributed by atoms with Gasteiger partial charge in [-0.25, -0.2) is 0 Å². The van der Waals surface area contributed by atoms with E-state index in [0.29, 0.717) is 36.0 Å². The molecule has 4 saturated carbocycles. The van der Waals surface area contributed by atoms with Crippen LogP contribution in [-0.4, -0.2) is 33.5 Å². The summed E-state index contributed by atoms with van der Waals surface area (Å²) in [7, 11) is 0. The van der Waals surface area contributed by atoms with Crippen LogP contribution in [0.25, 0.3) is 0 Å². The predicted octanol–water partition coefficient (Wildman–Crippen LogP) is 4.73. The summed E-state index contributed by atoms with van der Waals surface area (Å²) in [6, 6.07) is 0. The Balaban J connectivity index is 1.63. The normalized spacial score (nSPS) is 49.9. The van der Waals surface area contributed by atoms with Gasteiger partial charge in [-0.1, -0.05) is 20.8 Å². The van der Waals surface area contributed by atoms with Crippen LogP contribution in [0, 0.1) is 64.6 Å². The lowest BCUT2D eigenvalue weighted by Gasteiger charge is -2.64. The van der Waals surface area contributed by atoms with Crippen LogP contribution < -0.4 is 0 Å². The Morgan fingerprint density at radius 3 is 2.42 bits per heavy atom. The van der Waals surface area contributed by atoms with Crippen LogP contribution in [0.4, 0.5) is 0 Å². The molecule has 11 atom stereocenters. The van der Waals surface area contributed by atoms with E-state index in [0.717, 1.165) is 44.9 Å². The zero-order valence-electron chi connectivity index (χ0n) is 19.6. The lowest BCUT2D eigenvalue weighted by Crippen LogP contribution is -2.62. The molecule has 4 heteroatoms. The molecule has 0 amide bonds. The summed E-state index contributed by atoms with van der Waals surface area (Å²) in [5.74, 6) is 4.75. The van der Waals surface area contributed by atoms with Gasteiger partial charge in [0.25, 0.3) is 0 Å². The van der Waals surface area contributed by atoms with Gasteiger partial charge in [0.2, 0.25) is 0 Å². The highest BCUT2D eigenvalue weighted by Gasteiger charge is 2.65. The Labute approximate surface area is 188 Å². The Morgan fingerprint density at radius 1 is 1.06 bits per heavy atom. The summed E-state index contributed by atoms with van der Waals surface area (Å²) in [6.45, 7) is 7.11. The third-order valence-electron chi connectivity index (χ3n) is 10.8. The van der Waals surface area contributed by atoms with E-state index >= 15 is 0 Å². The molecule has 4 aliphatic carbocycles. The zero-order valence-corrected chi connectivity index (χ0v) is 19.6. The van der Waals surface area contributed by atoms with Crippen molar-refractivity contribution < 1.29 is 20.1 Å². The molecule has 0 aromatic rings. The van der Waals surface area contributed by atoms with Crippen molar-refractivity contribution in [1.29, 1.82) is 0 Å². The topological polar surface area (TPSA) is 77.8 Å². The predicted molar refractivity (Wildman–Crippen MR) is 121 cm³/mol. The van der Waals surface area contributed by atoms with E-state index < -0.39 is 5.97 Å². The number of terminal acetylenes is 1. The fourth-order valence-electron chi connectivity index (χ4n) is 9.36. The van der Waals surface area contributed by atoms with E-state index in [1.165, 1.54) is 6.42 Å². The van der Waals surface area contributed by atoms with Gasteiger partial charge in [-0.3, -0.25) is 4.79 Å². The van der Waals surface area contributed by atoms with Crippen molar-refractivity contribution in [1.82, 2.24) is 0 Å². The van der Waals surface area contributed by atoms with Crippen molar-refractivity contribution >= 4 is 5.97 Å². The molecule has 4 rings (SSSR count). The summed E-state index contributed by atoms with van der Waals surface area (Å²) in [5.41, 5.74) is 0.330. The fourth-order valence-corrected chi connectivity index (χ4v) is 9.36. The molecule has 0 aromatic carbocycles. The van der Waals surface area contributed by atoms with Gasteiger partial charge in [-0.2, -0.15) is 0 Å². The van der Waals surface area contributed by atoms with Crippen LogP contribution in [0.1, 0.15) is 85.0 Å². The van der Waals surface area contributed by atoms with E-state index in [1.807, 2.05) is 0 Å². The van der Waals surface area contributed by atoms with Crippen LogP contribution >= 0.6 is 0 Å². The summed E-state index contributed by atoms with van der Waals surface area (Å²) in [5, 5.41) is 31.3. The molecule has 4 nitrogen and oxygen atoms in total. The van der Waals surface area contributed by atoms with Crippen LogP contribution in [-0.2, 0) is 4.79 Å². The number of aliphatic hydroxyl groups is 2. The maximum atomic E-state index is 11.7. The highest BCUT2D eigenvalue weighted by molar-refractivity contribution is 5.66. The first kappa shape index (κ1) is 23.1. The highest BCUT2D eigenvalue weighted by Crippen LogP contribution is 2.69.